The number of carbonyl (C=O) groups is 1. The first kappa shape index (κ1) is 31.3. The van der Waals surface area contributed by atoms with Crippen LogP contribution in [0.25, 0.3) is 0 Å². The summed E-state index contributed by atoms with van der Waals surface area (Å²) < 4.78 is 0. The highest BCUT2D eigenvalue weighted by atomic mass is 35.5. The lowest BCUT2D eigenvalue weighted by molar-refractivity contribution is -0.115. The molecule has 41 heavy (non-hydrogen) atoms. The molecule has 1 atom stereocenters. The number of nitriles is 2. The quantitative estimate of drug-likeness (QED) is 0.254. The van der Waals surface area contributed by atoms with Gasteiger partial charge in [-0.05, 0) is 80.2 Å². The lowest BCUT2D eigenvalue weighted by Gasteiger charge is -2.33. The topological polar surface area (TPSA) is 86.4 Å². The molecule has 2 saturated heterocycles. The molecule has 1 unspecified atom stereocenters. The van der Waals surface area contributed by atoms with Crippen molar-refractivity contribution in [3.8, 4) is 12.1 Å². The fraction of sp³-hybridized carbons (Fsp3) is 0.452. The number of anilines is 1. The van der Waals surface area contributed by atoms with Crippen molar-refractivity contribution < 1.29 is 4.79 Å². The van der Waals surface area contributed by atoms with Crippen molar-refractivity contribution in [2.45, 2.75) is 51.6 Å². The summed E-state index contributed by atoms with van der Waals surface area (Å²) in [5.41, 5.74) is 2.41. The van der Waals surface area contributed by atoms with Crippen LogP contribution < -0.4 is 10.2 Å². The zero-order valence-electron chi connectivity index (χ0n) is 23.3. The second-order valence-corrected chi connectivity index (χ2v) is 11.8. The second kappa shape index (κ2) is 15.0. The van der Waals surface area contributed by atoms with E-state index in [1.165, 1.54) is 19.3 Å². The molecule has 2 aliphatic rings. The number of carbonyl (C=O) groups excluding carboxylic acids is 1. The van der Waals surface area contributed by atoms with Gasteiger partial charge in [0, 0.05) is 48.9 Å². The smallest absolute Gasteiger partial charge is 0.257 e. The van der Waals surface area contributed by atoms with Crippen LogP contribution in [0.2, 0.25) is 15.1 Å². The minimum Gasteiger partial charge on any atom is -0.307 e. The van der Waals surface area contributed by atoms with Gasteiger partial charge in [0.2, 0.25) is 0 Å². The number of halogens is 3. The van der Waals surface area contributed by atoms with Crippen molar-refractivity contribution in [3.63, 3.8) is 0 Å². The van der Waals surface area contributed by atoms with Gasteiger partial charge in [0.15, 0.2) is 0 Å². The van der Waals surface area contributed by atoms with E-state index in [4.69, 9.17) is 34.8 Å². The fourth-order valence-corrected chi connectivity index (χ4v) is 6.45. The van der Waals surface area contributed by atoms with Crippen molar-refractivity contribution in [3.05, 3.63) is 73.7 Å². The predicted octanol–water partition coefficient (Wildman–Crippen LogP) is 6.19. The van der Waals surface area contributed by atoms with Gasteiger partial charge in [-0.1, -0.05) is 54.2 Å². The molecule has 0 bridgehead atoms. The van der Waals surface area contributed by atoms with Crippen molar-refractivity contribution >= 4 is 46.4 Å². The molecule has 1 amide bonds. The Hall–Kier alpha value is -2.62. The van der Waals surface area contributed by atoms with Crippen LogP contribution in [0.5, 0.6) is 0 Å². The molecule has 2 aromatic rings. The molecular weight excluding hydrogens is 579 g/mol. The molecular formula is C31H35Cl3N6O. The van der Waals surface area contributed by atoms with E-state index in [0.717, 1.165) is 37.3 Å². The van der Waals surface area contributed by atoms with Crippen molar-refractivity contribution in [2.24, 2.45) is 0 Å². The Morgan fingerprint density at radius 1 is 1.00 bits per heavy atom. The first-order valence-electron chi connectivity index (χ1n) is 14.1. The Morgan fingerprint density at radius 2 is 1.71 bits per heavy atom. The lowest BCUT2D eigenvalue weighted by Crippen LogP contribution is -2.45. The van der Waals surface area contributed by atoms with E-state index >= 15 is 0 Å². The lowest BCUT2D eigenvalue weighted by atomic mass is 9.92. The molecule has 4 rings (SSSR count). The summed E-state index contributed by atoms with van der Waals surface area (Å²) in [6.45, 7) is 7.14. The van der Waals surface area contributed by atoms with Gasteiger partial charge in [-0.15, -0.1) is 0 Å². The summed E-state index contributed by atoms with van der Waals surface area (Å²) >= 11 is 19.3. The zero-order chi connectivity index (χ0) is 29.4. The molecule has 216 valence electrons. The molecule has 0 saturated carbocycles. The van der Waals surface area contributed by atoms with Crippen LogP contribution in [-0.2, 0) is 17.8 Å². The van der Waals surface area contributed by atoms with Crippen molar-refractivity contribution in [1.82, 2.24) is 15.1 Å². The van der Waals surface area contributed by atoms with Crippen molar-refractivity contribution in [1.29, 1.82) is 10.5 Å². The molecule has 2 fully saturated rings. The average Bonchev–Trinajstić information content (AvgIpc) is 3.49. The van der Waals surface area contributed by atoms with E-state index < -0.39 is 11.9 Å². The molecule has 1 N–H and O–H groups in total. The van der Waals surface area contributed by atoms with Gasteiger partial charge in [0.1, 0.15) is 17.7 Å². The molecule has 2 aliphatic heterocycles. The van der Waals surface area contributed by atoms with Crippen LogP contribution in [0.3, 0.4) is 0 Å². The number of rotatable bonds is 10. The number of allylic oxidation sites excluding steroid dienone is 1. The van der Waals surface area contributed by atoms with Gasteiger partial charge in [-0.25, -0.2) is 0 Å². The largest absolute Gasteiger partial charge is 0.307 e. The number of likely N-dealkylation sites (tertiary alicyclic amines) is 1. The van der Waals surface area contributed by atoms with Gasteiger partial charge in [-0.3, -0.25) is 14.6 Å². The number of amides is 1. The summed E-state index contributed by atoms with van der Waals surface area (Å²) in [5, 5.41) is 24.8. The molecule has 0 radical (unpaired) electrons. The number of hydrogen-bond acceptors (Lipinski definition) is 6. The fourth-order valence-electron chi connectivity index (χ4n) is 5.66. The van der Waals surface area contributed by atoms with Gasteiger partial charge < -0.3 is 10.2 Å². The summed E-state index contributed by atoms with van der Waals surface area (Å²) in [7, 11) is 0. The standard InChI is InChI=1S/C31H35Cl3N6O/c1-2-9-40(28-15-22(6-7-27(28)34)20-38-10-4-3-5-11-38)31(41)30(24(18-35)19-36)29(39-12-8-37-21-39)16-23-13-25(32)17-26(33)14-23/h6-7,13-15,17,29,37H,2-5,8-12,16,20-21H2,1H3. The summed E-state index contributed by atoms with van der Waals surface area (Å²) in [4.78, 5) is 20.7. The number of piperidine rings is 1. The highest BCUT2D eigenvalue weighted by Crippen LogP contribution is 2.32. The van der Waals surface area contributed by atoms with Crippen LogP contribution in [0.15, 0.2) is 47.5 Å². The van der Waals surface area contributed by atoms with Crippen LogP contribution in [0.1, 0.15) is 43.7 Å². The van der Waals surface area contributed by atoms with E-state index in [-0.39, 0.29) is 11.1 Å². The van der Waals surface area contributed by atoms with Crippen LogP contribution in [-0.4, -0.2) is 61.1 Å². The minimum atomic E-state index is -0.559. The second-order valence-electron chi connectivity index (χ2n) is 10.6. The van der Waals surface area contributed by atoms with Gasteiger partial charge in [0.25, 0.3) is 5.91 Å². The SMILES string of the molecule is CCCN(C(=O)C(=C(C#N)C#N)C(Cc1cc(Cl)cc(Cl)c1)N1CCNC1)c1cc(CN2CCCCC2)ccc1Cl. The van der Waals surface area contributed by atoms with E-state index in [0.29, 0.717) is 53.4 Å². The molecule has 10 heteroatoms. The normalized spacial score (nSPS) is 16.5. The number of nitrogens with zero attached hydrogens (tertiary/aromatic N) is 5. The molecule has 0 aromatic heterocycles. The average molecular weight is 614 g/mol. The van der Waals surface area contributed by atoms with Gasteiger partial charge in [0.05, 0.1) is 16.3 Å². The van der Waals surface area contributed by atoms with E-state index in [9.17, 15) is 15.3 Å². The number of benzene rings is 2. The zero-order valence-corrected chi connectivity index (χ0v) is 25.6. The summed E-state index contributed by atoms with van der Waals surface area (Å²) in [6.07, 6.45) is 4.64. The third kappa shape index (κ3) is 8.02. The van der Waals surface area contributed by atoms with Gasteiger partial charge in [-0.2, -0.15) is 10.5 Å². The maximum atomic E-state index is 14.6. The first-order valence-corrected chi connectivity index (χ1v) is 15.2. The maximum absolute atomic E-state index is 14.6. The highest BCUT2D eigenvalue weighted by molar-refractivity contribution is 6.35. The Kier molecular flexibility index (Phi) is 11.5. The Balaban J connectivity index is 1.76. The van der Waals surface area contributed by atoms with Crippen LogP contribution >= 0.6 is 34.8 Å². The van der Waals surface area contributed by atoms with Crippen LogP contribution in [0.4, 0.5) is 5.69 Å². The van der Waals surface area contributed by atoms with Crippen molar-refractivity contribution in [2.75, 3.05) is 44.3 Å². The number of hydrogen-bond donors (Lipinski definition) is 1. The van der Waals surface area contributed by atoms with Crippen LogP contribution in [0, 0.1) is 22.7 Å². The van der Waals surface area contributed by atoms with E-state index in [1.807, 2.05) is 37.3 Å². The van der Waals surface area contributed by atoms with E-state index in [2.05, 4.69) is 15.1 Å². The summed E-state index contributed by atoms with van der Waals surface area (Å²) in [5.74, 6) is -0.396. The third-order valence-electron chi connectivity index (χ3n) is 7.59. The minimum absolute atomic E-state index is 0.153. The molecule has 0 aliphatic carbocycles. The summed E-state index contributed by atoms with van der Waals surface area (Å²) in [6, 6.07) is 14.5. The Morgan fingerprint density at radius 3 is 2.32 bits per heavy atom. The Labute approximate surface area is 257 Å². The molecule has 0 spiro atoms. The highest BCUT2D eigenvalue weighted by Gasteiger charge is 2.35. The van der Waals surface area contributed by atoms with Gasteiger partial charge >= 0.3 is 0 Å². The monoisotopic (exact) mass is 612 g/mol. The molecule has 7 nitrogen and oxygen atoms in total. The predicted molar refractivity (Wildman–Crippen MR) is 165 cm³/mol. The molecule has 2 heterocycles. The Bertz CT molecular complexity index is 1320. The maximum Gasteiger partial charge on any atom is 0.257 e. The first-order chi connectivity index (χ1) is 19.8. The third-order valence-corrected chi connectivity index (χ3v) is 8.34. The molecule has 2 aromatic carbocycles. The number of nitrogens with one attached hydrogen (secondary N) is 1. The van der Waals surface area contributed by atoms with E-state index in [1.54, 1.807) is 23.1 Å².